The number of benzene rings is 3. The topological polar surface area (TPSA) is 66.8 Å². The first-order chi connectivity index (χ1) is 16.0. The number of ketones is 1. The van der Waals surface area contributed by atoms with E-state index >= 15 is 0 Å². The number of ether oxygens (including phenoxy) is 1. The standard InChI is InChI=1S/C28H27NO4/c1-3-33-23-15-13-21(14-16-23)25-24(26(30)22-11-9-19(2)10-12-22)27(31)28(32)29(25)18-17-20-7-5-4-6-8-20/h4-16,25,30H,3,17-18H2,1-2H3. The van der Waals surface area contributed by atoms with Gasteiger partial charge in [-0.2, -0.15) is 0 Å². The molecule has 0 bridgehead atoms. The van der Waals surface area contributed by atoms with Gasteiger partial charge in [0.2, 0.25) is 0 Å². The van der Waals surface area contributed by atoms with E-state index in [4.69, 9.17) is 4.74 Å². The number of aliphatic hydroxyl groups excluding tert-OH is 1. The molecule has 5 nitrogen and oxygen atoms in total. The summed E-state index contributed by atoms with van der Waals surface area (Å²) in [6, 6.07) is 23.7. The number of hydrogen-bond donors (Lipinski definition) is 1. The molecule has 0 spiro atoms. The zero-order valence-electron chi connectivity index (χ0n) is 18.8. The van der Waals surface area contributed by atoms with Crippen LogP contribution in [-0.2, 0) is 16.0 Å². The highest BCUT2D eigenvalue weighted by Gasteiger charge is 2.45. The molecule has 1 aliphatic heterocycles. The van der Waals surface area contributed by atoms with Gasteiger partial charge in [0, 0.05) is 12.1 Å². The fourth-order valence-electron chi connectivity index (χ4n) is 4.13. The number of carbonyl (C=O) groups excluding carboxylic acids is 2. The Morgan fingerprint density at radius 2 is 1.61 bits per heavy atom. The minimum absolute atomic E-state index is 0.112. The first kappa shape index (κ1) is 22.3. The molecule has 1 atom stereocenters. The highest BCUT2D eigenvalue weighted by Crippen LogP contribution is 2.40. The van der Waals surface area contributed by atoms with Gasteiger partial charge in [-0.05, 0) is 43.5 Å². The van der Waals surface area contributed by atoms with E-state index in [9.17, 15) is 14.7 Å². The minimum atomic E-state index is -0.675. The maximum absolute atomic E-state index is 13.1. The SMILES string of the molecule is CCOc1ccc(C2C(=C(O)c3ccc(C)cc3)C(=O)C(=O)N2CCc2ccccc2)cc1. The van der Waals surface area contributed by atoms with E-state index in [-0.39, 0.29) is 11.3 Å². The smallest absolute Gasteiger partial charge is 0.295 e. The number of aliphatic hydroxyl groups is 1. The molecular weight excluding hydrogens is 414 g/mol. The molecule has 1 fully saturated rings. The Morgan fingerprint density at radius 1 is 0.939 bits per heavy atom. The van der Waals surface area contributed by atoms with Crippen molar-refractivity contribution >= 4 is 17.4 Å². The summed E-state index contributed by atoms with van der Waals surface area (Å²) in [6.07, 6.45) is 0.603. The summed E-state index contributed by atoms with van der Waals surface area (Å²) < 4.78 is 5.54. The van der Waals surface area contributed by atoms with Gasteiger partial charge in [-0.25, -0.2) is 0 Å². The van der Waals surface area contributed by atoms with E-state index in [0.29, 0.717) is 30.9 Å². The molecule has 0 aliphatic carbocycles. The number of Topliss-reactive ketones (excluding diaryl/α,β-unsaturated/α-hetero) is 1. The van der Waals surface area contributed by atoms with Crippen LogP contribution in [0.1, 0.15) is 35.2 Å². The summed E-state index contributed by atoms with van der Waals surface area (Å²) in [5.41, 5.74) is 3.49. The Bertz CT molecular complexity index is 1160. The molecule has 0 radical (unpaired) electrons. The van der Waals surface area contributed by atoms with E-state index in [1.807, 2.05) is 80.6 Å². The second-order valence-electron chi connectivity index (χ2n) is 8.10. The first-order valence-electron chi connectivity index (χ1n) is 11.1. The fourth-order valence-corrected chi connectivity index (χ4v) is 4.13. The lowest BCUT2D eigenvalue weighted by molar-refractivity contribution is -0.139. The van der Waals surface area contributed by atoms with E-state index in [2.05, 4.69) is 0 Å². The molecule has 0 saturated carbocycles. The highest BCUT2D eigenvalue weighted by atomic mass is 16.5. The molecule has 1 amide bonds. The highest BCUT2D eigenvalue weighted by molar-refractivity contribution is 6.46. The van der Waals surface area contributed by atoms with Gasteiger partial charge in [-0.3, -0.25) is 9.59 Å². The van der Waals surface area contributed by atoms with Crippen molar-refractivity contribution in [1.29, 1.82) is 0 Å². The van der Waals surface area contributed by atoms with Crippen LogP contribution < -0.4 is 4.74 Å². The predicted octanol–water partition coefficient (Wildman–Crippen LogP) is 5.06. The molecule has 3 aromatic carbocycles. The molecule has 1 saturated heterocycles. The second-order valence-corrected chi connectivity index (χ2v) is 8.10. The van der Waals surface area contributed by atoms with Crippen LogP contribution in [0.4, 0.5) is 0 Å². The molecule has 168 valence electrons. The monoisotopic (exact) mass is 441 g/mol. The Morgan fingerprint density at radius 3 is 2.24 bits per heavy atom. The molecule has 1 N–H and O–H groups in total. The van der Waals surface area contributed by atoms with Gasteiger partial charge in [0.15, 0.2) is 0 Å². The third kappa shape index (κ3) is 4.67. The summed E-state index contributed by atoms with van der Waals surface area (Å²) >= 11 is 0. The third-order valence-electron chi connectivity index (χ3n) is 5.86. The number of amides is 1. The van der Waals surface area contributed by atoms with Crippen molar-refractivity contribution < 1.29 is 19.4 Å². The Balaban J connectivity index is 1.76. The largest absolute Gasteiger partial charge is 0.507 e. The van der Waals surface area contributed by atoms with E-state index < -0.39 is 17.7 Å². The molecule has 33 heavy (non-hydrogen) atoms. The molecule has 5 heteroatoms. The number of rotatable bonds is 7. The molecule has 3 aromatic rings. The van der Waals surface area contributed by atoms with E-state index in [1.54, 1.807) is 17.0 Å². The van der Waals surface area contributed by atoms with Crippen molar-refractivity contribution in [1.82, 2.24) is 4.90 Å². The average molecular weight is 442 g/mol. The average Bonchev–Trinajstić information content (AvgIpc) is 3.09. The summed E-state index contributed by atoms with van der Waals surface area (Å²) in [5.74, 6) is -0.714. The third-order valence-corrected chi connectivity index (χ3v) is 5.86. The number of aryl methyl sites for hydroxylation is 1. The minimum Gasteiger partial charge on any atom is -0.507 e. The van der Waals surface area contributed by atoms with Crippen LogP contribution in [0.15, 0.2) is 84.4 Å². The van der Waals surface area contributed by atoms with Crippen molar-refractivity contribution in [3.05, 3.63) is 107 Å². The lowest BCUT2D eigenvalue weighted by Crippen LogP contribution is -2.31. The normalized spacial score (nSPS) is 17.4. The maximum atomic E-state index is 13.1. The second kappa shape index (κ2) is 9.74. The van der Waals surface area contributed by atoms with Crippen LogP contribution in [0.2, 0.25) is 0 Å². The van der Waals surface area contributed by atoms with E-state index in [0.717, 1.165) is 16.7 Å². The summed E-state index contributed by atoms with van der Waals surface area (Å²) in [4.78, 5) is 27.8. The summed E-state index contributed by atoms with van der Waals surface area (Å²) in [6.45, 7) is 4.76. The van der Waals surface area contributed by atoms with Crippen LogP contribution in [-0.4, -0.2) is 34.8 Å². The number of nitrogens with zero attached hydrogens (tertiary/aromatic N) is 1. The van der Waals surface area contributed by atoms with Gasteiger partial charge in [0.05, 0.1) is 18.2 Å². The van der Waals surface area contributed by atoms with Crippen molar-refractivity contribution in [2.24, 2.45) is 0 Å². The molecule has 1 heterocycles. The molecule has 1 unspecified atom stereocenters. The Kier molecular flexibility index (Phi) is 6.59. The van der Waals surface area contributed by atoms with Gasteiger partial charge in [-0.15, -0.1) is 0 Å². The van der Waals surface area contributed by atoms with Crippen molar-refractivity contribution in [2.75, 3.05) is 13.2 Å². The summed E-state index contributed by atoms with van der Waals surface area (Å²) in [7, 11) is 0. The fraction of sp³-hybridized carbons (Fsp3) is 0.214. The zero-order chi connectivity index (χ0) is 23.4. The number of hydrogen-bond acceptors (Lipinski definition) is 4. The maximum Gasteiger partial charge on any atom is 0.295 e. The van der Waals surface area contributed by atoms with Crippen LogP contribution >= 0.6 is 0 Å². The van der Waals surface area contributed by atoms with Crippen LogP contribution in [0.25, 0.3) is 5.76 Å². The summed E-state index contributed by atoms with van der Waals surface area (Å²) in [5, 5.41) is 11.1. The van der Waals surface area contributed by atoms with Gasteiger partial charge < -0.3 is 14.7 Å². The zero-order valence-corrected chi connectivity index (χ0v) is 18.8. The molecule has 4 rings (SSSR count). The molecular formula is C28H27NO4. The molecule has 1 aliphatic rings. The predicted molar refractivity (Wildman–Crippen MR) is 128 cm³/mol. The van der Waals surface area contributed by atoms with Gasteiger partial charge in [-0.1, -0.05) is 72.3 Å². The van der Waals surface area contributed by atoms with Gasteiger partial charge in [0.25, 0.3) is 11.7 Å². The lowest BCUT2D eigenvalue weighted by atomic mass is 9.95. The Labute approximate surface area is 193 Å². The number of likely N-dealkylation sites (tertiary alicyclic amines) is 1. The molecule has 0 aromatic heterocycles. The van der Waals surface area contributed by atoms with Crippen LogP contribution in [0.5, 0.6) is 5.75 Å². The first-order valence-corrected chi connectivity index (χ1v) is 11.1. The van der Waals surface area contributed by atoms with Crippen molar-refractivity contribution in [2.45, 2.75) is 26.3 Å². The van der Waals surface area contributed by atoms with Crippen LogP contribution in [0.3, 0.4) is 0 Å². The van der Waals surface area contributed by atoms with Crippen LogP contribution in [0, 0.1) is 6.92 Å². The lowest BCUT2D eigenvalue weighted by Gasteiger charge is -2.25. The Hall–Kier alpha value is -3.86. The quantitative estimate of drug-likeness (QED) is 0.316. The number of carbonyl (C=O) groups is 2. The van der Waals surface area contributed by atoms with Gasteiger partial charge in [0.1, 0.15) is 11.5 Å². The van der Waals surface area contributed by atoms with Gasteiger partial charge >= 0.3 is 0 Å². The van der Waals surface area contributed by atoms with Crippen molar-refractivity contribution in [3.63, 3.8) is 0 Å². The van der Waals surface area contributed by atoms with Crippen molar-refractivity contribution in [3.8, 4) is 5.75 Å². The van der Waals surface area contributed by atoms with E-state index in [1.165, 1.54) is 0 Å².